The van der Waals surface area contributed by atoms with E-state index in [1.165, 1.54) is 24.6 Å². The predicted molar refractivity (Wildman–Crippen MR) is 149 cm³/mol. The number of carbonyl (C=O) groups is 2. The molecule has 39 heavy (non-hydrogen) atoms. The molecule has 4 heterocycles. The van der Waals surface area contributed by atoms with E-state index >= 15 is 0 Å². The quantitative estimate of drug-likeness (QED) is 0.146. The summed E-state index contributed by atoms with van der Waals surface area (Å²) in [6.07, 6.45) is 5.25. The normalized spacial score (nSPS) is 10.0. The number of carboxylic acid groups (broad SMARTS) is 1. The van der Waals surface area contributed by atoms with Crippen molar-refractivity contribution in [3.8, 4) is 11.3 Å². The van der Waals surface area contributed by atoms with Gasteiger partial charge in [0.15, 0.2) is 6.20 Å². The number of carboxylic acids is 1. The van der Waals surface area contributed by atoms with Crippen molar-refractivity contribution < 1.29 is 44.1 Å². The minimum Gasteiger partial charge on any atom is -0.477 e. The summed E-state index contributed by atoms with van der Waals surface area (Å²) in [5.41, 5.74) is 4.58. The second-order valence-electron chi connectivity index (χ2n) is 9.39. The average molecular weight is 723 g/mol. The number of rotatable bonds is 4. The van der Waals surface area contributed by atoms with Crippen LogP contribution < -0.4 is 9.75 Å². The van der Waals surface area contributed by atoms with Crippen LogP contribution in [0, 0.1) is 19.9 Å². The summed E-state index contributed by atoms with van der Waals surface area (Å²) in [5, 5.41) is 9.70. The van der Waals surface area contributed by atoms with Gasteiger partial charge in [-0.3, -0.25) is 0 Å². The van der Waals surface area contributed by atoms with Crippen molar-refractivity contribution in [3.63, 3.8) is 0 Å². The topological polar surface area (TPSA) is 106 Å². The zero-order valence-corrected chi connectivity index (χ0v) is 26.6. The van der Waals surface area contributed by atoms with Gasteiger partial charge in [0.25, 0.3) is 5.69 Å². The predicted octanol–water partition coefficient (Wildman–Crippen LogP) is 4.18. The van der Waals surface area contributed by atoms with Gasteiger partial charge in [0.05, 0.1) is 15.2 Å². The largest absolute Gasteiger partial charge is 0.477 e. The second kappa shape index (κ2) is 15.7. The number of hydrogen-bond acceptors (Lipinski definition) is 6. The fourth-order valence-corrected chi connectivity index (χ4v) is 4.24. The molecule has 0 aliphatic rings. The van der Waals surface area contributed by atoms with Gasteiger partial charge in [0.1, 0.15) is 12.7 Å². The molecule has 1 N–H and O–H groups in total. The molecule has 0 bridgehead atoms. The van der Waals surface area contributed by atoms with E-state index < -0.39 is 14.0 Å². The Bertz CT molecular complexity index is 1360. The van der Waals surface area contributed by atoms with Crippen LogP contribution in [0.3, 0.4) is 0 Å². The number of esters is 1. The molecule has 4 aromatic heterocycles. The van der Waals surface area contributed by atoms with Gasteiger partial charge in [-0.2, -0.15) is 4.57 Å². The Hall–Kier alpha value is -3.59. The van der Waals surface area contributed by atoms with Crippen molar-refractivity contribution in [2.45, 2.75) is 33.5 Å². The number of aryl methyl sites for hydroxylation is 3. The number of ether oxygens (including phenoxy) is 1. The van der Waals surface area contributed by atoms with Gasteiger partial charge < -0.3 is 19.8 Å². The minimum absolute atomic E-state index is 0. The van der Waals surface area contributed by atoms with Crippen molar-refractivity contribution in [3.05, 3.63) is 102 Å². The molecule has 0 saturated carbocycles. The maximum Gasteiger partial charge on any atom is 0.403 e. The van der Waals surface area contributed by atoms with Crippen LogP contribution in [-0.2, 0) is 31.9 Å². The molecule has 0 atom stereocenters. The third-order valence-corrected chi connectivity index (χ3v) is 7.38. The monoisotopic (exact) mass is 723 g/mol. The van der Waals surface area contributed by atoms with E-state index in [1.54, 1.807) is 42.1 Å². The number of carbonyl (C=O) groups excluding carboxylic acids is 1. The van der Waals surface area contributed by atoms with Crippen molar-refractivity contribution in [2.24, 2.45) is 7.05 Å². The molecule has 0 amide bonds. The summed E-state index contributed by atoms with van der Waals surface area (Å²) < 4.78 is 6.27. The summed E-state index contributed by atoms with van der Waals surface area (Å²) >= 11 is 0. The van der Waals surface area contributed by atoms with Crippen molar-refractivity contribution in [2.75, 3.05) is 7.11 Å². The number of hydrogen-bond donors (Lipinski definition) is 1. The van der Waals surface area contributed by atoms with Crippen molar-refractivity contribution in [1.82, 2.24) is 15.0 Å². The molecule has 0 spiro atoms. The molecule has 4 rings (SSSR count). The van der Waals surface area contributed by atoms with E-state index in [4.69, 9.17) is 5.11 Å². The fourth-order valence-electron chi connectivity index (χ4n) is 3.21. The van der Waals surface area contributed by atoms with Crippen LogP contribution in [-0.4, -0.2) is 47.2 Å². The zero-order valence-electron chi connectivity index (χ0n) is 23.2. The van der Waals surface area contributed by atoms with Gasteiger partial charge in [-0.15, -0.1) is 17.7 Å². The first-order chi connectivity index (χ1) is 17.9. The Balaban J connectivity index is 0.000000312. The van der Waals surface area contributed by atoms with Crippen LogP contribution >= 0.6 is 0 Å². The second-order valence-corrected chi connectivity index (χ2v) is 14.5. The number of aromatic nitrogens is 4. The number of nitrogens with zero attached hydrogens (tertiary/aromatic N) is 4. The molecule has 1 radical (unpaired) electrons. The summed E-state index contributed by atoms with van der Waals surface area (Å²) in [6, 6.07) is 19.6. The summed E-state index contributed by atoms with van der Waals surface area (Å²) in [7, 11) is 1.90. The van der Waals surface area contributed by atoms with Crippen LogP contribution in [0.1, 0.15) is 32.4 Å². The third-order valence-electron chi connectivity index (χ3n) is 5.35. The Morgan fingerprint density at radius 2 is 1.69 bits per heavy atom. The summed E-state index contributed by atoms with van der Waals surface area (Å²) in [5.74, 6) is -1.30. The van der Waals surface area contributed by atoms with Gasteiger partial charge in [0, 0.05) is 44.6 Å². The minimum atomic E-state index is -1.27. The van der Waals surface area contributed by atoms with E-state index in [2.05, 4.69) is 57.5 Å². The standard InChI is InChI=1S/C15H19N2Si.C8H10NO2.C6H5NO2.Ir/c1-11-6-8-14(12(2)17-11)15-9-7-13(10-16-15)18(3,4)5;1-9-6-4-3-5-7(9)8(10)11-2;8-6(9)5-3-1-2-4-7-5;/h6-7,9-10H,1-5H3;3-6H,1-2H3;1-4H,(H,8,9);/q-1;+1;;. The van der Waals surface area contributed by atoms with Crippen molar-refractivity contribution >= 4 is 25.2 Å². The van der Waals surface area contributed by atoms with Crippen LogP contribution in [0.25, 0.3) is 11.3 Å². The molecule has 0 fully saturated rings. The van der Waals surface area contributed by atoms with E-state index in [1.807, 2.05) is 32.2 Å². The van der Waals surface area contributed by atoms with Crippen LogP contribution in [0.15, 0.2) is 73.2 Å². The first kappa shape index (κ1) is 33.4. The summed E-state index contributed by atoms with van der Waals surface area (Å²) in [6.45, 7) is 11.0. The van der Waals surface area contributed by atoms with Crippen LogP contribution in [0.2, 0.25) is 19.6 Å². The zero-order chi connectivity index (χ0) is 28.3. The first-order valence-corrected chi connectivity index (χ1v) is 15.4. The molecular weight excluding hydrogens is 689 g/mol. The summed E-state index contributed by atoms with van der Waals surface area (Å²) in [4.78, 5) is 33.7. The Morgan fingerprint density at radius 1 is 1.00 bits per heavy atom. The van der Waals surface area contributed by atoms with E-state index in [0.29, 0.717) is 5.69 Å². The molecule has 0 aliphatic heterocycles. The average Bonchev–Trinajstić information content (AvgIpc) is 2.89. The number of methoxy groups -OCH3 is 1. The Kier molecular flexibility index (Phi) is 13.5. The van der Waals surface area contributed by atoms with E-state index in [9.17, 15) is 9.59 Å². The van der Waals surface area contributed by atoms with E-state index in [0.717, 1.165) is 22.6 Å². The molecule has 0 aromatic carbocycles. The van der Waals surface area contributed by atoms with Gasteiger partial charge in [-0.1, -0.05) is 51.7 Å². The van der Waals surface area contributed by atoms with Gasteiger partial charge >= 0.3 is 11.9 Å². The molecule has 0 aliphatic carbocycles. The molecule has 0 unspecified atom stereocenters. The molecule has 10 heteroatoms. The molecule has 8 nitrogen and oxygen atoms in total. The first-order valence-electron chi connectivity index (χ1n) is 11.9. The fraction of sp³-hybridized carbons (Fsp3) is 0.241. The third kappa shape index (κ3) is 10.6. The van der Waals surface area contributed by atoms with Crippen LogP contribution in [0.4, 0.5) is 0 Å². The number of aromatic carboxylic acids is 1. The molecule has 207 valence electrons. The maximum absolute atomic E-state index is 11.0. The molecule has 4 aromatic rings. The molecule has 0 saturated heterocycles. The maximum atomic E-state index is 11.0. The number of pyridine rings is 4. The van der Waals surface area contributed by atoms with Crippen molar-refractivity contribution in [1.29, 1.82) is 0 Å². The van der Waals surface area contributed by atoms with E-state index in [-0.39, 0.29) is 31.8 Å². The Morgan fingerprint density at radius 3 is 2.15 bits per heavy atom. The van der Waals surface area contributed by atoms with Crippen LogP contribution in [0.5, 0.6) is 0 Å². The smallest absolute Gasteiger partial charge is 0.403 e. The van der Waals surface area contributed by atoms with Gasteiger partial charge in [0.2, 0.25) is 0 Å². The van der Waals surface area contributed by atoms with Gasteiger partial charge in [-0.25, -0.2) is 14.6 Å². The SMILES string of the molecule is COC(=O)c1cccc[n+]1C.Cc1c[c-]c(-c2ccc([Si](C)(C)C)cn2)c(C)n1.O=C(O)c1ccccn1.[Ir]. The van der Waals surface area contributed by atoms with Gasteiger partial charge in [-0.05, 0) is 40.5 Å². The molecular formula is C29H34IrN4O4Si. The Labute approximate surface area is 244 Å².